The van der Waals surface area contributed by atoms with E-state index in [0.717, 1.165) is 11.1 Å². The molecular formula is C24H26O3. The van der Waals surface area contributed by atoms with Crippen LogP contribution in [0, 0.1) is 0 Å². The van der Waals surface area contributed by atoms with Crippen molar-refractivity contribution in [1.82, 2.24) is 0 Å². The maximum absolute atomic E-state index is 9.47. The molecule has 0 bridgehead atoms. The zero-order valence-electron chi connectivity index (χ0n) is 15.8. The maximum Gasteiger partial charge on any atom is 0.162 e. The number of ether oxygens (including phenoxy) is 2. The molecule has 0 aliphatic heterocycles. The predicted octanol–water partition coefficient (Wildman–Crippen LogP) is 5.50. The molecule has 3 aromatic rings. The van der Waals surface area contributed by atoms with Gasteiger partial charge in [-0.3, -0.25) is 0 Å². The molecule has 0 aliphatic rings. The molecule has 0 aliphatic carbocycles. The molecule has 0 heterocycles. The van der Waals surface area contributed by atoms with Gasteiger partial charge in [0.05, 0.1) is 13.2 Å². The molecule has 2 unspecified atom stereocenters. The minimum absolute atomic E-state index is 0.0310. The lowest BCUT2D eigenvalue weighted by atomic mass is 10.0. The monoisotopic (exact) mass is 362 g/mol. The molecule has 0 spiro atoms. The molecular weight excluding hydrogens is 336 g/mol. The van der Waals surface area contributed by atoms with Gasteiger partial charge in [-0.1, -0.05) is 73.7 Å². The molecule has 0 aromatic heterocycles. The van der Waals surface area contributed by atoms with E-state index < -0.39 is 0 Å². The predicted molar refractivity (Wildman–Crippen MR) is 108 cm³/mol. The molecule has 3 heteroatoms. The Bertz CT molecular complexity index is 831. The van der Waals surface area contributed by atoms with E-state index in [9.17, 15) is 5.11 Å². The third-order valence-electron chi connectivity index (χ3n) is 4.62. The third-order valence-corrected chi connectivity index (χ3v) is 4.62. The minimum atomic E-state index is -0.117. The Balaban J connectivity index is 1.74. The number of aliphatic hydroxyl groups is 1. The van der Waals surface area contributed by atoms with E-state index in [1.54, 1.807) is 0 Å². The van der Waals surface area contributed by atoms with Crippen molar-refractivity contribution in [3.8, 4) is 11.5 Å². The number of rotatable bonds is 8. The average molecular weight is 362 g/mol. The van der Waals surface area contributed by atoms with E-state index in [4.69, 9.17) is 9.47 Å². The van der Waals surface area contributed by atoms with Gasteiger partial charge >= 0.3 is 0 Å². The van der Waals surface area contributed by atoms with Gasteiger partial charge < -0.3 is 14.6 Å². The van der Waals surface area contributed by atoms with E-state index in [0.29, 0.717) is 18.1 Å². The molecule has 0 saturated carbocycles. The van der Waals surface area contributed by atoms with Crippen molar-refractivity contribution >= 4 is 0 Å². The van der Waals surface area contributed by atoms with E-state index in [1.165, 1.54) is 5.56 Å². The van der Waals surface area contributed by atoms with Gasteiger partial charge in [0.2, 0.25) is 0 Å². The van der Waals surface area contributed by atoms with Gasteiger partial charge in [0.1, 0.15) is 6.10 Å². The lowest BCUT2D eigenvalue weighted by Gasteiger charge is -2.20. The molecule has 27 heavy (non-hydrogen) atoms. The summed E-state index contributed by atoms with van der Waals surface area (Å²) in [5, 5.41) is 9.47. The van der Waals surface area contributed by atoms with E-state index in [2.05, 4.69) is 19.1 Å². The van der Waals surface area contributed by atoms with Gasteiger partial charge in [-0.05, 0) is 35.7 Å². The number of aliphatic hydroxyl groups excluding tert-OH is 1. The number of hydrogen-bond acceptors (Lipinski definition) is 3. The van der Waals surface area contributed by atoms with Crippen LogP contribution in [0.1, 0.15) is 42.6 Å². The Labute approximate surface area is 161 Å². The number of benzene rings is 3. The molecule has 3 nitrogen and oxygen atoms in total. The van der Waals surface area contributed by atoms with Gasteiger partial charge in [0.15, 0.2) is 11.5 Å². The van der Waals surface area contributed by atoms with Crippen LogP contribution in [-0.2, 0) is 6.61 Å². The summed E-state index contributed by atoms with van der Waals surface area (Å²) in [6.07, 6.45) is -0.117. The fourth-order valence-corrected chi connectivity index (χ4v) is 2.94. The highest BCUT2D eigenvalue weighted by Crippen LogP contribution is 2.33. The average Bonchev–Trinajstić information content (AvgIpc) is 2.73. The minimum Gasteiger partial charge on any atom is -0.489 e. The van der Waals surface area contributed by atoms with Crippen LogP contribution in [0.15, 0.2) is 78.9 Å². The summed E-state index contributed by atoms with van der Waals surface area (Å²) >= 11 is 0. The van der Waals surface area contributed by atoms with E-state index in [1.807, 2.05) is 73.7 Å². The first-order chi connectivity index (χ1) is 13.2. The van der Waals surface area contributed by atoms with Crippen molar-refractivity contribution in [3.05, 3.63) is 95.6 Å². The molecule has 3 aromatic carbocycles. The van der Waals surface area contributed by atoms with Crippen LogP contribution in [0.25, 0.3) is 0 Å². The second-order valence-electron chi connectivity index (χ2n) is 6.73. The van der Waals surface area contributed by atoms with Crippen LogP contribution in [0.4, 0.5) is 0 Å². The van der Waals surface area contributed by atoms with Crippen molar-refractivity contribution in [1.29, 1.82) is 0 Å². The van der Waals surface area contributed by atoms with Crippen molar-refractivity contribution in [2.24, 2.45) is 0 Å². The zero-order valence-corrected chi connectivity index (χ0v) is 15.8. The topological polar surface area (TPSA) is 38.7 Å². The summed E-state index contributed by atoms with van der Waals surface area (Å²) in [5.74, 6) is 1.61. The summed E-state index contributed by atoms with van der Waals surface area (Å²) in [7, 11) is 0. The molecule has 0 saturated heterocycles. The highest BCUT2D eigenvalue weighted by molar-refractivity contribution is 5.43. The summed E-state index contributed by atoms with van der Waals surface area (Å²) in [6.45, 7) is 4.68. The Morgan fingerprint density at radius 2 is 1.41 bits per heavy atom. The van der Waals surface area contributed by atoms with Crippen LogP contribution in [0.5, 0.6) is 11.5 Å². The lowest BCUT2D eigenvalue weighted by Crippen LogP contribution is -2.09. The summed E-state index contributed by atoms with van der Waals surface area (Å²) in [4.78, 5) is 0. The van der Waals surface area contributed by atoms with Crippen molar-refractivity contribution in [3.63, 3.8) is 0 Å². The lowest BCUT2D eigenvalue weighted by molar-refractivity contribution is 0.204. The Morgan fingerprint density at radius 1 is 0.778 bits per heavy atom. The highest BCUT2D eigenvalue weighted by atomic mass is 16.5. The van der Waals surface area contributed by atoms with Crippen LogP contribution in [0.2, 0.25) is 0 Å². The fourth-order valence-electron chi connectivity index (χ4n) is 2.94. The fraction of sp³-hybridized carbons (Fsp3) is 0.250. The first-order valence-electron chi connectivity index (χ1n) is 9.30. The van der Waals surface area contributed by atoms with Crippen LogP contribution >= 0.6 is 0 Å². The van der Waals surface area contributed by atoms with E-state index >= 15 is 0 Å². The quantitative estimate of drug-likeness (QED) is 0.575. The van der Waals surface area contributed by atoms with Crippen molar-refractivity contribution < 1.29 is 14.6 Å². The molecule has 0 fully saturated rings. The van der Waals surface area contributed by atoms with Gasteiger partial charge in [-0.15, -0.1) is 0 Å². The summed E-state index contributed by atoms with van der Waals surface area (Å²) in [5.41, 5.74) is 3.13. The molecule has 3 rings (SSSR count). The largest absolute Gasteiger partial charge is 0.489 e. The highest BCUT2D eigenvalue weighted by Gasteiger charge is 2.14. The second kappa shape index (κ2) is 9.24. The van der Waals surface area contributed by atoms with E-state index in [-0.39, 0.29) is 18.6 Å². The van der Waals surface area contributed by atoms with Crippen molar-refractivity contribution in [2.75, 3.05) is 6.61 Å². The normalized spacial score (nSPS) is 13.0. The molecule has 1 N–H and O–H groups in total. The molecule has 0 radical (unpaired) electrons. The summed E-state index contributed by atoms with van der Waals surface area (Å²) < 4.78 is 12.3. The second-order valence-corrected chi connectivity index (χ2v) is 6.73. The van der Waals surface area contributed by atoms with Crippen LogP contribution in [-0.4, -0.2) is 11.7 Å². The Kier molecular flexibility index (Phi) is 6.50. The zero-order chi connectivity index (χ0) is 19.1. The maximum atomic E-state index is 9.47. The first-order valence-corrected chi connectivity index (χ1v) is 9.30. The smallest absolute Gasteiger partial charge is 0.162 e. The molecule has 0 amide bonds. The SMILES string of the molecule is CC(COc1ccc(CO)cc1OC(C)c1ccccc1)c1ccccc1. The van der Waals surface area contributed by atoms with Crippen molar-refractivity contribution in [2.45, 2.75) is 32.5 Å². The molecule has 140 valence electrons. The third kappa shape index (κ3) is 5.11. The Morgan fingerprint density at radius 3 is 2.04 bits per heavy atom. The van der Waals surface area contributed by atoms with Crippen LogP contribution in [0.3, 0.4) is 0 Å². The molecule has 2 atom stereocenters. The first kappa shape index (κ1) is 19.0. The Hall–Kier alpha value is -2.78. The van der Waals surface area contributed by atoms with Gasteiger partial charge in [-0.25, -0.2) is 0 Å². The summed E-state index contributed by atoms with van der Waals surface area (Å²) in [6, 6.07) is 26.0. The standard InChI is InChI=1S/C24H26O3/c1-18(21-9-5-3-6-10-21)17-26-23-14-13-20(16-25)15-24(23)27-19(2)22-11-7-4-8-12-22/h3-15,18-19,25H,16-17H2,1-2H3. The van der Waals surface area contributed by atoms with Gasteiger partial charge in [0.25, 0.3) is 0 Å². The number of hydrogen-bond donors (Lipinski definition) is 1. The van der Waals surface area contributed by atoms with Gasteiger partial charge in [-0.2, -0.15) is 0 Å². The van der Waals surface area contributed by atoms with Gasteiger partial charge in [0, 0.05) is 5.92 Å². The van der Waals surface area contributed by atoms with Crippen LogP contribution < -0.4 is 9.47 Å².